The first-order chi connectivity index (χ1) is 9.17. The van der Waals surface area contributed by atoms with Gasteiger partial charge < -0.3 is 10.0 Å². The van der Waals surface area contributed by atoms with Crippen LogP contribution in [-0.4, -0.2) is 35.6 Å². The molecule has 3 nitrogen and oxygen atoms in total. The number of benzene rings is 1. The first kappa shape index (κ1) is 12.7. The van der Waals surface area contributed by atoms with Crippen molar-refractivity contribution >= 4 is 5.97 Å². The molecule has 1 saturated carbocycles. The standard InChI is InChI=1S/C16H21NO2/c18-15(19)9-16(7-4-8-16)12-17-10-14(11-17)13-5-2-1-3-6-13/h1-3,5-6,14H,4,7-12H2,(H,18,19). The van der Waals surface area contributed by atoms with E-state index >= 15 is 0 Å². The average Bonchev–Trinajstić information content (AvgIpc) is 2.30. The lowest BCUT2D eigenvalue weighted by molar-refractivity contribution is -0.142. The van der Waals surface area contributed by atoms with Crippen LogP contribution in [0.25, 0.3) is 0 Å². The molecule has 0 aromatic heterocycles. The zero-order valence-electron chi connectivity index (χ0n) is 11.2. The molecule has 3 rings (SSSR count). The molecule has 0 unspecified atom stereocenters. The highest BCUT2D eigenvalue weighted by Gasteiger charge is 2.42. The van der Waals surface area contributed by atoms with Crippen LogP contribution in [0.3, 0.4) is 0 Å². The minimum atomic E-state index is -0.639. The van der Waals surface area contributed by atoms with Crippen LogP contribution in [0.2, 0.25) is 0 Å². The van der Waals surface area contributed by atoms with E-state index in [0.717, 1.165) is 32.5 Å². The Morgan fingerprint density at radius 1 is 1.26 bits per heavy atom. The minimum Gasteiger partial charge on any atom is -0.481 e. The largest absolute Gasteiger partial charge is 0.481 e. The third-order valence-electron chi connectivity index (χ3n) is 4.73. The smallest absolute Gasteiger partial charge is 0.303 e. The number of hydrogen-bond acceptors (Lipinski definition) is 2. The van der Waals surface area contributed by atoms with Crippen LogP contribution < -0.4 is 0 Å². The van der Waals surface area contributed by atoms with Crippen molar-refractivity contribution in [3.05, 3.63) is 35.9 Å². The first-order valence-corrected chi connectivity index (χ1v) is 7.16. The maximum atomic E-state index is 11.0. The van der Waals surface area contributed by atoms with Crippen molar-refractivity contribution in [3.8, 4) is 0 Å². The van der Waals surface area contributed by atoms with Crippen molar-refractivity contribution in [3.63, 3.8) is 0 Å². The predicted octanol–water partition coefficient (Wildman–Crippen LogP) is 2.73. The number of carboxylic acid groups (broad SMARTS) is 1. The van der Waals surface area contributed by atoms with Gasteiger partial charge in [-0.2, -0.15) is 0 Å². The third kappa shape index (κ3) is 2.66. The molecule has 102 valence electrons. The van der Waals surface area contributed by atoms with Crippen LogP contribution in [0, 0.1) is 5.41 Å². The number of likely N-dealkylation sites (tertiary alicyclic amines) is 1. The van der Waals surface area contributed by atoms with Crippen LogP contribution in [0.15, 0.2) is 30.3 Å². The van der Waals surface area contributed by atoms with Gasteiger partial charge in [0.05, 0.1) is 6.42 Å². The molecule has 1 aliphatic carbocycles. The van der Waals surface area contributed by atoms with E-state index in [9.17, 15) is 4.79 Å². The highest BCUT2D eigenvalue weighted by atomic mass is 16.4. The molecule has 1 aromatic rings. The first-order valence-electron chi connectivity index (χ1n) is 7.16. The predicted molar refractivity (Wildman–Crippen MR) is 74.2 cm³/mol. The lowest BCUT2D eigenvalue weighted by Crippen LogP contribution is -2.52. The van der Waals surface area contributed by atoms with E-state index in [1.54, 1.807) is 0 Å². The van der Waals surface area contributed by atoms with E-state index in [1.165, 1.54) is 12.0 Å². The SMILES string of the molecule is O=C(O)CC1(CN2CC(c3ccccc3)C2)CCC1. The number of aliphatic carboxylic acids is 1. The molecule has 2 aliphatic rings. The lowest BCUT2D eigenvalue weighted by Gasteiger charge is -2.49. The van der Waals surface area contributed by atoms with Crippen molar-refractivity contribution in [2.75, 3.05) is 19.6 Å². The fourth-order valence-electron chi connectivity index (χ4n) is 3.50. The van der Waals surface area contributed by atoms with Crippen molar-refractivity contribution < 1.29 is 9.90 Å². The summed E-state index contributed by atoms with van der Waals surface area (Å²) in [5.41, 5.74) is 1.49. The molecule has 1 N–H and O–H groups in total. The Kier molecular flexibility index (Phi) is 3.31. The molecule has 1 aromatic carbocycles. The summed E-state index contributed by atoms with van der Waals surface area (Å²) in [5, 5.41) is 9.03. The summed E-state index contributed by atoms with van der Waals surface area (Å²) in [7, 11) is 0. The molecule has 0 radical (unpaired) electrons. The minimum absolute atomic E-state index is 0.0769. The molecular formula is C16H21NO2. The molecule has 0 spiro atoms. The molecule has 2 fully saturated rings. The molecule has 1 aliphatic heterocycles. The summed E-state index contributed by atoms with van der Waals surface area (Å²) < 4.78 is 0. The Balaban J connectivity index is 1.52. The Bertz CT molecular complexity index is 447. The fraction of sp³-hybridized carbons (Fsp3) is 0.562. The highest BCUT2D eigenvalue weighted by Crippen LogP contribution is 2.46. The molecule has 19 heavy (non-hydrogen) atoms. The zero-order chi connectivity index (χ0) is 13.3. The van der Waals surface area contributed by atoms with Gasteiger partial charge in [0.25, 0.3) is 0 Å². The van der Waals surface area contributed by atoms with E-state index in [1.807, 2.05) is 0 Å². The fourth-order valence-corrected chi connectivity index (χ4v) is 3.50. The van der Waals surface area contributed by atoms with Gasteiger partial charge in [-0.25, -0.2) is 0 Å². The van der Waals surface area contributed by atoms with Crippen molar-refractivity contribution in [2.24, 2.45) is 5.41 Å². The summed E-state index contributed by atoms with van der Waals surface area (Å²) >= 11 is 0. The second-order valence-corrected chi connectivity index (χ2v) is 6.23. The Morgan fingerprint density at radius 3 is 2.47 bits per heavy atom. The van der Waals surface area contributed by atoms with E-state index < -0.39 is 5.97 Å². The molecule has 0 amide bonds. The second-order valence-electron chi connectivity index (χ2n) is 6.23. The molecule has 0 atom stereocenters. The third-order valence-corrected chi connectivity index (χ3v) is 4.73. The molecule has 1 heterocycles. The van der Waals surface area contributed by atoms with E-state index in [2.05, 4.69) is 35.2 Å². The van der Waals surface area contributed by atoms with Gasteiger partial charge in [0.15, 0.2) is 0 Å². The van der Waals surface area contributed by atoms with Gasteiger partial charge in [0.2, 0.25) is 0 Å². The van der Waals surface area contributed by atoms with Crippen LogP contribution in [0.5, 0.6) is 0 Å². The van der Waals surface area contributed by atoms with Gasteiger partial charge in [0, 0.05) is 25.6 Å². The van der Waals surface area contributed by atoms with E-state index in [4.69, 9.17) is 5.11 Å². The van der Waals surface area contributed by atoms with Crippen molar-refractivity contribution in [1.29, 1.82) is 0 Å². The summed E-state index contributed by atoms with van der Waals surface area (Å²) in [5.74, 6) is 0.00277. The van der Waals surface area contributed by atoms with Gasteiger partial charge in [-0.1, -0.05) is 36.8 Å². The lowest BCUT2D eigenvalue weighted by atomic mass is 9.65. The number of nitrogens with zero attached hydrogens (tertiary/aromatic N) is 1. The summed E-state index contributed by atoms with van der Waals surface area (Å²) in [6.45, 7) is 3.15. The maximum absolute atomic E-state index is 11.0. The van der Waals surface area contributed by atoms with Crippen LogP contribution in [0.1, 0.15) is 37.2 Å². The van der Waals surface area contributed by atoms with Crippen molar-refractivity contribution in [2.45, 2.75) is 31.6 Å². The topological polar surface area (TPSA) is 40.5 Å². The Morgan fingerprint density at radius 2 is 1.95 bits per heavy atom. The van der Waals surface area contributed by atoms with Crippen LogP contribution >= 0.6 is 0 Å². The van der Waals surface area contributed by atoms with Gasteiger partial charge >= 0.3 is 5.97 Å². The zero-order valence-corrected chi connectivity index (χ0v) is 11.2. The van der Waals surface area contributed by atoms with E-state index in [0.29, 0.717) is 12.3 Å². The van der Waals surface area contributed by atoms with Crippen LogP contribution in [-0.2, 0) is 4.79 Å². The highest BCUT2D eigenvalue weighted by molar-refractivity contribution is 5.68. The number of hydrogen-bond donors (Lipinski definition) is 1. The Labute approximate surface area is 114 Å². The molecule has 0 bridgehead atoms. The van der Waals surface area contributed by atoms with Gasteiger partial charge in [-0.15, -0.1) is 0 Å². The number of carboxylic acids is 1. The molecule has 1 saturated heterocycles. The monoisotopic (exact) mass is 259 g/mol. The molecule has 3 heteroatoms. The average molecular weight is 259 g/mol. The maximum Gasteiger partial charge on any atom is 0.303 e. The number of carbonyl (C=O) groups is 1. The van der Waals surface area contributed by atoms with Gasteiger partial charge in [-0.3, -0.25) is 4.79 Å². The van der Waals surface area contributed by atoms with E-state index in [-0.39, 0.29) is 5.41 Å². The van der Waals surface area contributed by atoms with Gasteiger partial charge in [-0.05, 0) is 23.8 Å². The quantitative estimate of drug-likeness (QED) is 0.884. The normalized spacial score (nSPS) is 22.5. The number of rotatable bonds is 5. The summed E-state index contributed by atoms with van der Waals surface area (Å²) in [6, 6.07) is 10.6. The van der Waals surface area contributed by atoms with Crippen LogP contribution in [0.4, 0.5) is 0 Å². The van der Waals surface area contributed by atoms with Crippen molar-refractivity contribution in [1.82, 2.24) is 4.90 Å². The Hall–Kier alpha value is -1.35. The summed E-state index contributed by atoms with van der Waals surface area (Å²) in [6.07, 6.45) is 3.72. The molecular weight excluding hydrogens is 238 g/mol. The second kappa shape index (κ2) is 4.97. The van der Waals surface area contributed by atoms with Gasteiger partial charge in [0.1, 0.15) is 0 Å². The summed E-state index contributed by atoms with van der Waals surface area (Å²) in [4.78, 5) is 13.4.